The predicted octanol–water partition coefficient (Wildman–Crippen LogP) is 5.19. The number of carbonyl (C=O) groups is 1. The summed E-state index contributed by atoms with van der Waals surface area (Å²) in [5.74, 6) is -0.607. The normalized spacial score (nSPS) is 12.3. The van der Waals surface area contributed by atoms with E-state index in [-0.39, 0.29) is 19.4 Å². The molecule has 0 bridgehead atoms. The van der Waals surface area contributed by atoms with Crippen molar-refractivity contribution in [2.75, 3.05) is 6.61 Å². The highest BCUT2D eigenvalue weighted by molar-refractivity contribution is 6.13. The molecule has 2 rings (SSSR count). The number of halogens is 3. The molecule has 1 atom stereocenters. The molecule has 0 heterocycles. The standard InChI is InChI=1S/C21H22F3NO2/c1-2-27-20(26)18(14-9-15-21(22,23)24)25-19(16-10-5-3-6-11-16)17-12-7-4-8-13-17/h3-8,10-13,18H,2,9,14-15H2,1H3. The average molecular weight is 377 g/mol. The maximum Gasteiger partial charge on any atom is 0.389 e. The maximum atomic E-state index is 12.5. The van der Waals surface area contributed by atoms with Crippen LogP contribution >= 0.6 is 0 Å². The lowest BCUT2D eigenvalue weighted by atomic mass is 10.0. The fourth-order valence-corrected chi connectivity index (χ4v) is 2.63. The summed E-state index contributed by atoms with van der Waals surface area (Å²) < 4.78 is 42.5. The number of benzene rings is 2. The van der Waals surface area contributed by atoms with Crippen LogP contribution in [0.3, 0.4) is 0 Å². The van der Waals surface area contributed by atoms with Crippen LogP contribution in [0.5, 0.6) is 0 Å². The van der Waals surface area contributed by atoms with Crippen LogP contribution in [0, 0.1) is 0 Å². The Labute approximate surface area is 156 Å². The van der Waals surface area contributed by atoms with Crippen LogP contribution in [0.4, 0.5) is 13.2 Å². The molecule has 6 heteroatoms. The third kappa shape index (κ3) is 6.89. The molecule has 0 saturated carbocycles. The van der Waals surface area contributed by atoms with Gasteiger partial charge in [0.05, 0.1) is 12.3 Å². The molecule has 0 aliphatic heterocycles. The van der Waals surface area contributed by atoms with Gasteiger partial charge in [0.15, 0.2) is 0 Å². The molecule has 3 nitrogen and oxygen atoms in total. The molecule has 0 saturated heterocycles. The summed E-state index contributed by atoms with van der Waals surface area (Å²) in [6, 6.07) is 17.5. The first-order valence-corrected chi connectivity index (χ1v) is 8.82. The van der Waals surface area contributed by atoms with Crippen LogP contribution in [0.2, 0.25) is 0 Å². The van der Waals surface area contributed by atoms with Gasteiger partial charge in [-0.2, -0.15) is 13.2 Å². The molecule has 144 valence electrons. The molecule has 0 aliphatic rings. The Hall–Kier alpha value is -2.63. The van der Waals surface area contributed by atoms with Crippen molar-refractivity contribution in [1.82, 2.24) is 0 Å². The molecule has 0 radical (unpaired) electrons. The van der Waals surface area contributed by atoms with Crippen LogP contribution in [-0.4, -0.2) is 30.5 Å². The van der Waals surface area contributed by atoms with E-state index in [4.69, 9.17) is 4.74 Å². The quantitative estimate of drug-likeness (QED) is 0.469. The Morgan fingerprint density at radius 1 is 1.00 bits per heavy atom. The number of nitrogens with zero attached hydrogens (tertiary/aromatic N) is 1. The molecule has 0 N–H and O–H groups in total. The molecular formula is C21H22F3NO2. The third-order valence-electron chi connectivity index (χ3n) is 3.88. The first kappa shape index (κ1) is 20.7. The van der Waals surface area contributed by atoms with Crippen molar-refractivity contribution in [3.63, 3.8) is 0 Å². The summed E-state index contributed by atoms with van der Waals surface area (Å²) in [5.41, 5.74) is 2.13. The summed E-state index contributed by atoms with van der Waals surface area (Å²) in [6.45, 7) is 1.81. The number of esters is 1. The van der Waals surface area contributed by atoms with Gasteiger partial charge in [0.1, 0.15) is 6.04 Å². The number of rotatable bonds is 8. The predicted molar refractivity (Wildman–Crippen MR) is 98.9 cm³/mol. The zero-order valence-corrected chi connectivity index (χ0v) is 15.1. The van der Waals surface area contributed by atoms with Gasteiger partial charge >= 0.3 is 12.1 Å². The van der Waals surface area contributed by atoms with Crippen LogP contribution in [0.1, 0.15) is 37.3 Å². The van der Waals surface area contributed by atoms with E-state index in [1.54, 1.807) is 6.92 Å². The minimum absolute atomic E-state index is 0.0263. The monoisotopic (exact) mass is 377 g/mol. The molecule has 0 amide bonds. The second-order valence-corrected chi connectivity index (χ2v) is 5.99. The van der Waals surface area contributed by atoms with Gasteiger partial charge in [-0.3, -0.25) is 4.99 Å². The van der Waals surface area contributed by atoms with E-state index in [0.717, 1.165) is 11.1 Å². The maximum absolute atomic E-state index is 12.5. The van der Waals surface area contributed by atoms with E-state index in [0.29, 0.717) is 5.71 Å². The van der Waals surface area contributed by atoms with E-state index in [1.807, 2.05) is 60.7 Å². The fourth-order valence-electron chi connectivity index (χ4n) is 2.63. The van der Waals surface area contributed by atoms with Gasteiger partial charge in [0.2, 0.25) is 0 Å². The minimum Gasteiger partial charge on any atom is -0.464 e. The number of alkyl halides is 3. The summed E-state index contributed by atoms with van der Waals surface area (Å²) in [4.78, 5) is 16.8. The molecule has 1 unspecified atom stereocenters. The highest BCUT2D eigenvalue weighted by Gasteiger charge is 2.28. The highest BCUT2D eigenvalue weighted by atomic mass is 19.4. The Kier molecular flexibility index (Phi) is 7.58. The highest BCUT2D eigenvalue weighted by Crippen LogP contribution is 2.24. The lowest BCUT2D eigenvalue weighted by molar-refractivity contribution is -0.146. The number of ether oxygens (including phenoxy) is 1. The molecule has 0 spiro atoms. The molecule has 0 aliphatic carbocycles. The van der Waals surface area contributed by atoms with Gasteiger partial charge in [-0.1, -0.05) is 60.7 Å². The molecule has 0 fully saturated rings. The van der Waals surface area contributed by atoms with Gasteiger partial charge < -0.3 is 4.74 Å². The van der Waals surface area contributed by atoms with Crippen LogP contribution in [-0.2, 0) is 9.53 Å². The van der Waals surface area contributed by atoms with Gasteiger partial charge in [-0.15, -0.1) is 0 Å². The smallest absolute Gasteiger partial charge is 0.389 e. The summed E-state index contributed by atoms with van der Waals surface area (Å²) >= 11 is 0. The Balaban J connectivity index is 2.36. The third-order valence-corrected chi connectivity index (χ3v) is 3.88. The average Bonchev–Trinajstić information content (AvgIpc) is 2.65. The first-order chi connectivity index (χ1) is 12.9. The second-order valence-electron chi connectivity index (χ2n) is 5.99. The van der Waals surface area contributed by atoms with Gasteiger partial charge in [-0.25, -0.2) is 4.79 Å². The van der Waals surface area contributed by atoms with Crippen molar-refractivity contribution in [2.45, 2.75) is 38.4 Å². The summed E-state index contributed by atoms with van der Waals surface area (Å²) in [7, 11) is 0. The SMILES string of the molecule is CCOC(=O)C(CCCC(F)(F)F)N=C(c1ccccc1)c1ccccc1. The van der Waals surface area contributed by atoms with Gasteiger partial charge in [0, 0.05) is 17.5 Å². The van der Waals surface area contributed by atoms with Crippen molar-refractivity contribution >= 4 is 11.7 Å². The van der Waals surface area contributed by atoms with Crippen molar-refractivity contribution in [1.29, 1.82) is 0 Å². The van der Waals surface area contributed by atoms with Gasteiger partial charge in [0.25, 0.3) is 0 Å². The van der Waals surface area contributed by atoms with Crippen molar-refractivity contribution < 1.29 is 22.7 Å². The van der Waals surface area contributed by atoms with Crippen LogP contribution in [0.25, 0.3) is 0 Å². The fraction of sp³-hybridized carbons (Fsp3) is 0.333. The van der Waals surface area contributed by atoms with Crippen LogP contribution in [0.15, 0.2) is 65.7 Å². The van der Waals surface area contributed by atoms with E-state index in [9.17, 15) is 18.0 Å². The molecule has 0 aromatic heterocycles. The van der Waals surface area contributed by atoms with Crippen molar-refractivity contribution in [2.24, 2.45) is 4.99 Å². The molecule has 27 heavy (non-hydrogen) atoms. The summed E-state index contributed by atoms with van der Waals surface area (Å²) in [5, 5.41) is 0. The number of hydrogen-bond donors (Lipinski definition) is 0. The van der Waals surface area contributed by atoms with E-state index < -0.39 is 24.6 Å². The van der Waals surface area contributed by atoms with E-state index in [2.05, 4.69) is 4.99 Å². The lowest BCUT2D eigenvalue weighted by Crippen LogP contribution is -2.24. The van der Waals surface area contributed by atoms with Crippen LogP contribution < -0.4 is 0 Å². The first-order valence-electron chi connectivity index (χ1n) is 8.82. The summed E-state index contributed by atoms with van der Waals surface area (Å²) in [6.07, 6.45) is -5.43. The largest absolute Gasteiger partial charge is 0.464 e. The van der Waals surface area contributed by atoms with Crippen molar-refractivity contribution in [3.05, 3.63) is 71.8 Å². The lowest BCUT2D eigenvalue weighted by Gasteiger charge is -2.15. The molecule has 2 aromatic carbocycles. The zero-order chi connectivity index (χ0) is 19.7. The van der Waals surface area contributed by atoms with E-state index >= 15 is 0 Å². The van der Waals surface area contributed by atoms with Crippen molar-refractivity contribution in [3.8, 4) is 0 Å². The topological polar surface area (TPSA) is 38.7 Å². The Morgan fingerprint density at radius 3 is 1.96 bits per heavy atom. The number of hydrogen-bond acceptors (Lipinski definition) is 3. The molecule has 2 aromatic rings. The number of aliphatic imine (C=N–C) groups is 1. The second kappa shape index (κ2) is 9.90. The zero-order valence-electron chi connectivity index (χ0n) is 15.1. The number of carbonyl (C=O) groups excluding carboxylic acids is 1. The molecular weight excluding hydrogens is 355 g/mol. The minimum atomic E-state index is -4.26. The Bertz CT molecular complexity index is 702. The van der Waals surface area contributed by atoms with E-state index in [1.165, 1.54) is 0 Å². The van der Waals surface area contributed by atoms with Gasteiger partial charge in [-0.05, 0) is 19.8 Å². The Morgan fingerprint density at radius 2 is 1.52 bits per heavy atom.